The first kappa shape index (κ1) is 21.4. The molecule has 8 heteroatoms. The SMILES string of the molecule is Cc1cc(/C=C(\C#N)C(=O)OCC(=O)c2ccc[nH]2)c(C)n1-c1cccc(Cl)c1Cl. The number of ketones is 1. The number of H-pyrrole nitrogens is 1. The summed E-state index contributed by atoms with van der Waals surface area (Å²) in [4.78, 5) is 27.0. The standard InChI is InChI=1S/C22H17Cl2N3O3/c1-13-9-15(14(2)27(13)19-7-3-5-17(23)21(19)24)10-16(11-25)22(29)30-12-20(28)18-6-4-8-26-18/h3-10,26H,12H2,1-2H3/b16-10+. The van der Waals surface area contributed by atoms with Crippen molar-refractivity contribution in [2.45, 2.75) is 13.8 Å². The summed E-state index contributed by atoms with van der Waals surface area (Å²) in [7, 11) is 0. The lowest BCUT2D eigenvalue weighted by Crippen LogP contribution is -2.15. The van der Waals surface area contributed by atoms with Crippen LogP contribution in [0.2, 0.25) is 10.0 Å². The smallest absolute Gasteiger partial charge is 0.349 e. The molecule has 3 rings (SSSR count). The fourth-order valence-electron chi connectivity index (χ4n) is 3.05. The molecule has 0 amide bonds. The van der Waals surface area contributed by atoms with Gasteiger partial charge < -0.3 is 14.3 Å². The van der Waals surface area contributed by atoms with E-state index in [4.69, 9.17) is 27.9 Å². The van der Waals surface area contributed by atoms with Crippen LogP contribution in [0.3, 0.4) is 0 Å². The van der Waals surface area contributed by atoms with Crippen LogP contribution in [0.5, 0.6) is 0 Å². The van der Waals surface area contributed by atoms with Crippen molar-refractivity contribution in [3.8, 4) is 11.8 Å². The molecule has 0 aliphatic rings. The van der Waals surface area contributed by atoms with Gasteiger partial charge in [0.2, 0.25) is 5.78 Å². The molecule has 0 atom stereocenters. The number of aryl methyl sites for hydroxylation is 1. The molecule has 2 aromatic heterocycles. The largest absolute Gasteiger partial charge is 0.453 e. The average molecular weight is 442 g/mol. The molecule has 0 unspecified atom stereocenters. The van der Waals surface area contributed by atoms with Crippen LogP contribution in [0.1, 0.15) is 27.4 Å². The van der Waals surface area contributed by atoms with Crippen molar-refractivity contribution in [2.75, 3.05) is 6.61 Å². The number of carbonyl (C=O) groups is 2. The van der Waals surface area contributed by atoms with Gasteiger partial charge in [0, 0.05) is 17.6 Å². The van der Waals surface area contributed by atoms with Gasteiger partial charge in [-0.25, -0.2) is 4.79 Å². The number of nitrogens with zero attached hydrogens (tertiary/aromatic N) is 2. The Balaban J connectivity index is 1.86. The van der Waals surface area contributed by atoms with Crippen molar-refractivity contribution in [3.05, 3.63) is 80.9 Å². The Bertz CT molecular complexity index is 1190. The Hall–Kier alpha value is -3.27. The minimum atomic E-state index is -0.872. The van der Waals surface area contributed by atoms with Crippen molar-refractivity contribution in [3.63, 3.8) is 0 Å². The average Bonchev–Trinajstić information content (AvgIpc) is 3.35. The third kappa shape index (κ3) is 4.33. The van der Waals surface area contributed by atoms with Gasteiger partial charge in [-0.15, -0.1) is 0 Å². The fraction of sp³-hybridized carbons (Fsp3) is 0.136. The second kappa shape index (κ2) is 9.04. The first-order valence-corrected chi connectivity index (χ1v) is 9.68. The summed E-state index contributed by atoms with van der Waals surface area (Å²) in [5.74, 6) is -1.26. The second-order valence-corrected chi connectivity index (χ2v) is 7.27. The van der Waals surface area contributed by atoms with E-state index < -0.39 is 12.6 Å². The van der Waals surface area contributed by atoms with Gasteiger partial charge in [0.1, 0.15) is 11.6 Å². The molecule has 0 aliphatic carbocycles. The van der Waals surface area contributed by atoms with Crippen LogP contribution in [0.15, 0.2) is 48.2 Å². The molecular formula is C22H17Cl2N3O3. The van der Waals surface area contributed by atoms with Crippen molar-refractivity contribution >= 4 is 41.0 Å². The molecule has 0 saturated heterocycles. The Labute approximate surface area is 183 Å². The van der Waals surface area contributed by atoms with Crippen molar-refractivity contribution in [1.29, 1.82) is 5.26 Å². The van der Waals surface area contributed by atoms with E-state index in [-0.39, 0.29) is 11.4 Å². The summed E-state index contributed by atoms with van der Waals surface area (Å²) in [6.07, 6.45) is 3.02. The number of hydrogen-bond acceptors (Lipinski definition) is 4. The van der Waals surface area contributed by atoms with Crippen molar-refractivity contribution in [1.82, 2.24) is 9.55 Å². The molecule has 0 aliphatic heterocycles. The molecule has 0 saturated carbocycles. The molecule has 6 nitrogen and oxygen atoms in total. The molecule has 0 bridgehead atoms. The van der Waals surface area contributed by atoms with Crippen molar-refractivity contribution in [2.24, 2.45) is 0 Å². The summed E-state index contributed by atoms with van der Waals surface area (Å²) in [5, 5.41) is 10.2. The summed E-state index contributed by atoms with van der Waals surface area (Å²) >= 11 is 12.5. The van der Waals surface area contributed by atoms with E-state index in [1.54, 1.807) is 30.5 Å². The minimum absolute atomic E-state index is 0.216. The Morgan fingerprint density at radius 3 is 2.67 bits per heavy atom. The Kier molecular flexibility index (Phi) is 6.46. The van der Waals surface area contributed by atoms with Crippen LogP contribution in [0.4, 0.5) is 0 Å². The number of nitrogens with one attached hydrogen (secondary N) is 1. The minimum Gasteiger partial charge on any atom is -0.453 e. The van der Waals surface area contributed by atoms with E-state index >= 15 is 0 Å². The van der Waals surface area contributed by atoms with Gasteiger partial charge in [-0.1, -0.05) is 29.3 Å². The Morgan fingerprint density at radius 2 is 2.00 bits per heavy atom. The predicted molar refractivity (Wildman–Crippen MR) is 115 cm³/mol. The molecule has 3 aromatic rings. The van der Waals surface area contributed by atoms with E-state index in [9.17, 15) is 14.9 Å². The number of Topliss-reactive ketones (excluding diaryl/α,β-unsaturated/α-hetero) is 1. The normalized spacial score (nSPS) is 11.2. The van der Waals surface area contributed by atoms with Crippen LogP contribution < -0.4 is 0 Å². The van der Waals surface area contributed by atoms with Crippen LogP contribution in [0, 0.1) is 25.2 Å². The topological polar surface area (TPSA) is 87.9 Å². The highest BCUT2D eigenvalue weighted by atomic mass is 35.5. The molecule has 0 radical (unpaired) electrons. The first-order valence-electron chi connectivity index (χ1n) is 8.92. The molecule has 152 valence electrons. The first-order chi connectivity index (χ1) is 14.3. The maximum absolute atomic E-state index is 12.3. The number of rotatable bonds is 6. The predicted octanol–water partition coefficient (Wildman–Crippen LogP) is 5.06. The quantitative estimate of drug-likeness (QED) is 0.250. The number of benzene rings is 1. The van der Waals surface area contributed by atoms with Gasteiger partial charge in [-0.3, -0.25) is 4.79 Å². The maximum Gasteiger partial charge on any atom is 0.349 e. The van der Waals surface area contributed by atoms with Crippen LogP contribution in [-0.2, 0) is 9.53 Å². The number of halogens is 2. The van der Waals surface area contributed by atoms with Crippen LogP contribution >= 0.6 is 23.2 Å². The molecule has 1 N–H and O–H groups in total. The zero-order chi connectivity index (χ0) is 21.8. The second-order valence-electron chi connectivity index (χ2n) is 6.49. The summed E-state index contributed by atoms with van der Waals surface area (Å²) in [6.45, 7) is 3.25. The molecule has 0 fully saturated rings. The third-order valence-corrected chi connectivity index (χ3v) is 5.32. The van der Waals surface area contributed by atoms with Gasteiger partial charge in [0.25, 0.3) is 0 Å². The van der Waals surface area contributed by atoms with Gasteiger partial charge in [-0.2, -0.15) is 5.26 Å². The van der Waals surface area contributed by atoms with E-state index in [0.29, 0.717) is 27.0 Å². The number of hydrogen-bond donors (Lipinski definition) is 1. The fourth-order valence-corrected chi connectivity index (χ4v) is 3.43. The lowest BCUT2D eigenvalue weighted by molar-refractivity contribution is -0.137. The van der Waals surface area contributed by atoms with Gasteiger partial charge in [0.15, 0.2) is 6.61 Å². The van der Waals surface area contributed by atoms with Crippen LogP contribution in [0.25, 0.3) is 11.8 Å². The number of nitriles is 1. The number of ether oxygens (including phenoxy) is 1. The third-order valence-electron chi connectivity index (χ3n) is 4.52. The molecule has 0 spiro atoms. The summed E-state index contributed by atoms with van der Waals surface area (Å²) in [5.41, 5.74) is 3.05. The summed E-state index contributed by atoms with van der Waals surface area (Å²) in [6, 6.07) is 12.2. The number of carbonyl (C=O) groups excluding carboxylic acids is 2. The lowest BCUT2D eigenvalue weighted by atomic mass is 10.1. The van der Waals surface area contributed by atoms with E-state index in [1.165, 1.54) is 6.08 Å². The zero-order valence-corrected chi connectivity index (χ0v) is 17.7. The van der Waals surface area contributed by atoms with Gasteiger partial charge >= 0.3 is 5.97 Å². The van der Waals surface area contributed by atoms with Gasteiger partial charge in [0.05, 0.1) is 21.4 Å². The number of aromatic amines is 1. The maximum atomic E-state index is 12.3. The lowest BCUT2D eigenvalue weighted by Gasteiger charge is -2.12. The van der Waals surface area contributed by atoms with E-state index in [1.807, 2.05) is 36.6 Å². The van der Waals surface area contributed by atoms with E-state index in [0.717, 1.165) is 11.4 Å². The monoisotopic (exact) mass is 441 g/mol. The highest BCUT2D eigenvalue weighted by Gasteiger charge is 2.18. The van der Waals surface area contributed by atoms with Gasteiger partial charge in [-0.05, 0) is 55.8 Å². The summed E-state index contributed by atoms with van der Waals surface area (Å²) < 4.78 is 6.89. The Morgan fingerprint density at radius 1 is 1.23 bits per heavy atom. The highest BCUT2D eigenvalue weighted by Crippen LogP contribution is 2.32. The van der Waals surface area contributed by atoms with E-state index in [2.05, 4.69) is 4.98 Å². The number of esters is 1. The molecular weight excluding hydrogens is 425 g/mol. The van der Waals surface area contributed by atoms with Crippen molar-refractivity contribution < 1.29 is 14.3 Å². The molecule has 30 heavy (non-hydrogen) atoms. The van der Waals surface area contributed by atoms with Crippen LogP contribution in [-0.4, -0.2) is 27.9 Å². The zero-order valence-electron chi connectivity index (χ0n) is 16.2. The molecule has 1 aromatic carbocycles. The molecule has 2 heterocycles. The highest BCUT2D eigenvalue weighted by molar-refractivity contribution is 6.43. The number of aromatic nitrogens is 2.